The van der Waals surface area contributed by atoms with E-state index in [1.165, 1.54) is 12.1 Å². The van der Waals surface area contributed by atoms with Crippen molar-refractivity contribution in [3.63, 3.8) is 0 Å². The van der Waals surface area contributed by atoms with Crippen molar-refractivity contribution >= 4 is 16.8 Å². The van der Waals surface area contributed by atoms with Crippen molar-refractivity contribution in [2.24, 2.45) is 0 Å². The fraction of sp³-hybridized carbons (Fsp3) is 0.0625. The second-order valence-electron chi connectivity index (χ2n) is 4.54. The predicted octanol–water partition coefficient (Wildman–Crippen LogP) is 3.24. The molecule has 0 aliphatic rings. The topological polar surface area (TPSA) is 44.9 Å². The Kier molecular flexibility index (Phi) is 3.21. The first kappa shape index (κ1) is 12.4. The number of rotatable bonds is 3. The lowest BCUT2D eigenvalue weighted by atomic mass is 10.2. The summed E-state index contributed by atoms with van der Waals surface area (Å²) in [6.07, 6.45) is 0. The summed E-state index contributed by atoms with van der Waals surface area (Å²) >= 11 is 0. The van der Waals surface area contributed by atoms with Gasteiger partial charge in [-0.3, -0.25) is 4.79 Å². The number of aromatic amines is 1. The Balaban J connectivity index is 1.73. The van der Waals surface area contributed by atoms with Gasteiger partial charge in [0.05, 0.1) is 12.1 Å². The van der Waals surface area contributed by atoms with Crippen LogP contribution >= 0.6 is 0 Å². The maximum atomic E-state index is 13.5. The second-order valence-corrected chi connectivity index (χ2v) is 4.54. The minimum atomic E-state index is -0.512. The van der Waals surface area contributed by atoms with Gasteiger partial charge in [-0.1, -0.05) is 30.3 Å². The van der Waals surface area contributed by atoms with Crippen LogP contribution in [0.1, 0.15) is 16.1 Å². The Hall–Kier alpha value is -2.62. The molecule has 100 valence electrons. The highest BCUT2D eigenvalue weighted by atomic mass is 19.1. The van der Waals surface area contributed by atoms with E-state index >= 15 is 0 Å². The van der Waals surface area contributed by atoms with Crippen molar-refractivity contribution in [3.8, 4) is 0 Å². The van der Waals surface area contributed by atoms with Gasteiger partial charge in [-0.05, 0) is 29.7 Å². The van der Waals surface area contributed by atoms with Crippen molar-refractivity contribution in [2.75, 3.05) is 0 Å². The first-order valence-corrected chi connectivity index (χ1v) is 6.33. The number of hydrogen-bond acceptors (Lipinski definition) is 1. The fourth-order valence-electron chi connectivity index (χ4n) is 2.14. The van der Waals surface area contributed by atoms with Crippen LogP contribution in [-0.2, 0) is 6.54 Å². The molecule has 3 nitrogen and oxygen atoms in total. The molecule has 1 amide bonds. The Morgan fingerprint density at radius 1 is 1.10 bits per heavy atom. The largest absolute Gasteiger partial charge is 0.357 e. The first-order valence-electron chi connectivity index (χ1n) is 6.33. The average Bonchev–Trinajstić information content (AvgIpc) is 2.88. The summed E-state index contributed by atoms with van der Waals surface area (Å²) in [4.78, 5) is 15.1. The quantitative estimate of drug-likeness (QED) is 0.752. The van der Waals surface area contributed by atoms with E-state index < -0.39 is 11.7 Å². The standard InChI is InChI=1S/C16H13FN2O/c17-14-7-3-2-6-13(14)16(20)18-10-12-9-11-5-1-4-8-15(11)19-12/h1-9,19H,10H2,(H,18,20). The molecule has 4 heteroatoms. The number of para-hydroxylation sites is 1. The number of fused-ring (bicyclic) bond motifs is 1. The molecule has 0 aliphatic heterocycles. The summed E-state index contributed by atoms with van der Waals surface area (Å²) in [5.41, 5.74) is 1.96. The number of aromatic nitrogens is 1. The van der Waals surface area contributed by atoms with E-state index in [4.69, 9.17) is 0 Å². The molecule has 3 rings (SSSR count). The maximum absolute atomic E-state index is 13.5. The molecule has 0 unspecified atom stereocenters. The van der Waals surface area contributed by atoms with Crippen molar-refractivity contribution in [3.05, 3.63) is 71.7 Å². The molecular formula is C16H13FN2O. The Labute approximate surface area is 115 Å². The molecule has 0 spiro atoms. The number of H-pyrrole nitrogens is 1. The van der Waals surface area contributed by atoms with Crippen molar-refractivity contribution in [1.82, 2.24) is 10.3 Å². The number of halogens is 1. The molecule has 3 aromatic rings. The molecule has 0 saturated heterocycles. The zero-order valence-electron chi connectivity index (χ0n) is 10.7. The van der Waals surface area contributed by atoms with Crippen LogP contribution in [0.2, 0.25) is 0 Å². The molecule has 1 heterocycles. The first-order chi connectivity index (χ1) is 9.74. The molecule has 2 N–H and O–H groups in total. The van der Waals surface area contributed by atoms with Crippen LogP contribution < -0.4 is 5.32 Å². The molecule has 0 bridgehead atoms. The second kappa shape index (κ2) is 5.17. The van der Waals surface area contributed by atoms with Crippen LogP contribution in [0.15, 0.2) is 54.6 Å². The van der Waals surface area contributed by atoms with E-state index in [0.717, 1.165) is 16.6 Å². The molecule has 0 aliphatic carbocycles. The molecule has 1 aromatic heterocycles. The fourth-order valence-corrected chi connectivity index (χ4v) is 2.14. The molecule has 0 fully saturated rings. The Morgan fingerprint density at radius 3 is 2.65 bits per heavy atom. The van der Waals surface area contributed by atoms with Gasteiger partial charge in [0.15, 0.2) is 0 Å². The van der Waals surface area contributed by atoms with Crippen LogP contribution in [0.5, 0.6) is 0 Å². The van der Waals surface area contributed by atoms with Gasteiger partial charge in [0, 0.05) is 11.2 Å². The molecule has 0 atom stereocenters. The zero-order valence-corrected chi connectivity index (χ0v) is 10.7. The van der Waals surface area contributed by atoms with Crippen LogP contribution in [0.4, 0.5) is 4.39 Å². The SMILES string of the molecule is O=C(NCc1cc2ccccc2[nH]1)c1ccccc1F. The highest BCUT2D eigenvalue weighted by Crippen LogP contribution is 2.14. The van der Waals surface area contributed by atoms with Crippen molar-refractivity contribution < 1.29 is 9.18 Å². The average molecular weight is 268 g/mol. The van der Waals surface area contributed by atoms with Crippen LogP contribution in [0.25, 0.3) is 10.9 Å². The third-order valence-electron chi connectivity index (χ3n) is 3.14. The summed E-state index contributed by atoms with van der Waals surface area (Å²) in [5, 5.41) is 3.79. The number of benzene rings is 2. The highest BCUT2D eigenvalue weighted by molar-refractivity contribution is 5.94. The minimum absolute atomic E-state index is 0.0589. The monoisotopic (exact) mass is 268 g/mol. The van der Waals surface area contributed by atoms with Crippen molar-refractivity contribution in [1.29, 1.82) is 0 Å². The van der Waals surface area contributed by atoms with E-state index in [0.29, 0.717) is 6.54 Å². The lowest BCUT2D eigenvalue weighted by Crippen LogP contribution is -2.23. The number of hydrogen-bond donors (Lipinski definition) is 2. The minimum Gasteiger partial charge on any atom is -0.357 e. The van der Waals surface area contributed by atoms with Crippen molar-refractivity contribution in [2.45, 2.75) is 6.54 Å². The van der Waals surface area contributed by atoms with Crippen LogP contribution in [-0.4, -0.2) is 10.9 Å². The lowest BCUT2D eigenvalue weighted by Gasteiger charge is -2.04. The van der Waals surface area contributed by atoms with E-state index in [-0.39, 0.29) is 5.56 Å². The van der Waals surface area contributed by atoms with E-state index in [2.05, 4.69) is 10.3 Å². The van der Waals surface area contributed by atoms with Gasteiger partial charge < -0.3 is 10.3 Å². The Bertz CT molecular complexity index is 731. The van der Waals surface area contributed by atoms with Gasteiger partial charge in [-0.15, -0.1) is 0 Å². The lowest BCUT2D eigenvalue weighted by molar-refractivity contribution is 0.0946. The predicted molar refractivity (Wildman–Crippen MR) is 75.9 cm³/mol. The molecule has 0 saturated carbocycles. The summed E-state index contributed by atoms with van der Waals surface area (Å²) in [5.74, 6) is -0.927. The molecule has 2 aromatic carbocycles. The summed E-state index contributed by atoms with van der Waals surface area (Å²) < 4.78 is 13.5. The normalized spacial score (nSPS) is 10.7. The maximum Gasteiger partial charge on any atom is 0.254 e. The number of carbonyl (C=O) groups is 1. The van der Waals surface area contributed by atoms with E-state index in [1.807, 2.05) is 30.3 Å². The van der Waals surface area contributed by atoms with E-state index in [9.17, 15) is 9.18 Å². The number of carbonyl (C=O) groups excluding carboxylic acids is 1. The summed E-state index contributed by atoms with van der Waals surface area (Å²) in [6, 6.07) is 15.8. The van der Waals surface area contributed by atoms with E-state index in [1.54, 1.807) is 12.1 Å². The zero-order chi connectivity index (χ0) is 13.9. The third-order valence-corrected chi connectivity index (χ3v) is 3.14. The van der Waals surface area contributed by atoms with Gasteiger partial charge in [0.25, 0.3) is 5.91 Å². The summed E-state index contributed by atoms with van der Waals surface area (Å²) in [6.45, 7) is 0.335. The highest BCUT2D eigenvalue weighted by Gasteiger charge is 2.10. The number of amides is 1. The van der Waals surface area contributed by atoms with Gasteiger partial charge in [-0.2, -0.15) is 0 Å². The smallest absolute Gasteiger partial charge is 0.254 e. The van der Waals surface area contributed by atoms with Gasteiger partial charge in [0.1, 0.15) is 5.82 Å². The molecule has 0 radical (unpaired) electrons. The van der Waals surface area contributed by atoms with Crippen LogP contribution in [0, 0.1) is 5.82 Å². The van der Waals surface area contributed by atoms with Gasteiger partial charge >= 0.3 is 0 Å². The van der Waals surface area contributed by atoms with Gasteiger partial charge in [0.2, 0.25) is 0 Å². The van der Waals surface area contributed by atoms with Crippen LogP contribution in [0.3, 0.4) is 0 Å². The third kappa shape index (κ3) is 2.40. The van der Waals surface area contributed by atoms with Gasteiger partial charge in [-0.25, -0.2) is 4.39 Å². The Morgan fingerprint density at radius 2 is 1.85 bits per heavy atom. The molecule has 20 heavy (non-hydrogen) atoms. The number of nitrogens with one attached hydrogen (secondary N) is 2. The summed E-state index contributed by atoms with van der Waals surface area (Å²) in [7, 11) is 0. The molecular weight excluding hydrogens is 255 g/mol.